The number of nitrogens with zero attached hydrogens (tertiary/aromatic N) is 1. The summed E-state index contributed by atoms with van der Waals surface area (Å²) in [4.78, 5) is 25.9. The number of amides is 2. The first-order valence-electron chi connectivity index (χ1n) is 7.24. The summed E-state index contributed by atoms with van der Waals surface area (Å²) in [5.41, 5.74) is 8.23. The second-order valence-corrected chi connectivity index (χ2v) is 6.20. The summed E-state index contributed by atoms with van der Waals surface area (Å²) >= 11 is 0. The average molecular weight is 289 g/mol. The summed E-state index contributed by atoms with van der Waals surface area (Å²) in [6.45, 7) is 8.08. The van der Waals surface area contributed by atoms with Crippen LogP contribution in [0.25, 0.3) is 0 Å². The summed E-state index contributed by atoms with van der Waals surface area (Å²) in [5.74, 6) is -0.268. The van der Waals surface area contributed by atoms with E-state index in [2.05, 4.69) is 19.2 Å². The normalized spacial score (nSPS) is 20.7. The van der Waals surface area contributed by atoms with Gasteiger partial charge in [0.25, 0.3) is 0 Å². The van der Waals surface area contributed by atoms with Crippen LogP contribution in [0.3, 0.4) is 0 Å². The molecule has 1 heterocycles. The van der Waals surface area contributed by atoms with Gasteiger partial charge in [0.2, 0.25) is 11.8 Å². The maximum absolute atomic E-state index is 12.7. The molecule has 3 N–H and O–H groups in total. The smallest absolute Gasteiger partial charge is 0.249 e. The minimum absolute atomic E-state index is 0.0786. The second kappa shape index (κ2) is 5.39. The summed E-state index contributed by atoms with van der Waals surface area (Å²) in [6, 6.07) is 5.18. The van der Waals surface area contributed by atoms with Crippen LogP contribution in [0, 0.1) is 0 Å². The second-order valence-electron chi connectivity index (χ2n) is 6.20. The number of rotatable bonds is 2. The maximum Gasteiger partial charge on any atom is 0.249 e. The molecule has 2 rings (SSSR count). The SMILES string of the molecule is CCN1C(=O)C(NC(C)=O)CC(C)(C)c2ccc(N)cc21. The molecule has 0 bridgehead atoms. The van der Waals surface area contributed by atoms with Crippen LogP contribution < -0.4 is 16.0 Å². The molecule has 1 aliphatic heterocycles. The Morgan fingerprint density at radius 3 is 2.71 bits per heavy atom. The Labute approximate surface area is 125 Å². The van der Waals surface area contributed by atoms with E-state index in [0.717, 1.165) is 11.3 Å². The number of fused-ring (bicyclic) bond motifs is 1. The van der Waals surface area contributed by atoms with Gasteiger partial charge in [-0.3, -0.25) is 9.59 Å². The van der Waals surface area contributed by atoms with Gasteiger partial charge >= 0.3 is 0 Å². The predicted molar refractivity (Wildman–Crippen MR) is 84.1 cm³/mol. The molecule has 0 fully saturated rings. The monoisotopic (exact) mass is 289 g/mol. The number of nitrogens with two attached hydrogens (primary N) is 1. The van der Waals surface area contributed by atoms with Crippen molar-refractivity contribution in [3.05, 3.63) is 23.8 Å². The number of hydrogen-bond acceptors (Lipinski definition) is 3. The molecule has 0 saturated heterocycles. The first-order chi connectivity index (χ1) is 9.76. The highest BCUT2D eigenvalue weighted by Gasteiger charge is 2.38. The largest absolute Gasteiger partial charge is 0.399 e. The number of carbonyl (C=O) groups excluding carboxylic acids is 2. The van der Waals surface area contributed by atoms with E-state index in [0.29, 0.717) is 18.7 Å². The van der Waals surface area contributed by atoms with Crippen molar-refractivity contribution in [2.24, 2.45) is 0 Å². The van der Waals surface area contributed by atoms with Gasteiger partial charge in [-0.15, -0.1) is 0 Å². The van der Waals surface area contributed by atoms with Crippen molar-refractivity contribution < 1.29 is 9.59 Å². The Morgan fingerprint density at radius 1 is 1.48 bits per heavy atom. The first-order valence-corrected chi connectivity index (χ1v) is 7.24. The zero-order valence-corrected chi connectivity index (χ0v) is 13.1. The number of carbonyl (C=O) groups is 2. The number of anilines is 2. The molecule has 114 valence electrons. The van der Waals surface area contributed by atoms with Crippen molar-refractivity contribution >= 4 is 23.2 Å². The van der Waals surface area contributed by atoms with Crippen molar-refractivity contribution in [3.63, 3.8) is 0 Å². The topological polar surface area (TPSA) is 75.4 Å². The van der Waals surface area contributed by atoms with Crippen LogP contribution in [0.1, 0.15) is 39.7 Å². The van der Waals surface area contributed by atoms with Gasteiger partial charge in [-0.2, -0.15) is 0 Å². The Kier molecular flexibility index (Phi) is 3.94. The van der Waals surface area contributed by atoms with Gasteiger partial charge in [0.1, 0.15) is 6.04 Å². The lowest BCUT2D eigenvalue weighted by atomic mass is 9.79. The summed E-state index contributed by atoms with van der Waals surface area (Å²) in [7, 11) is 0. The molecule has 0 aliphatic carbocycles. The highest BCUT2D eigenvalue weighted by molar-refractivity contribution is 6.01. The molecule has 1 aromatic rings. The molecular formula is C16H23N3O2. The third-order valence-electron chi connectivity index (χ3n) is 4.01. The molecule has 0 spiro atoms. The maximum atomic E-state index is 12.7. The van der Waals surface area contributed by atoms with E-state index in [1.807, 2.05) is 25.1 Å². The van der Waals surface area contributed by atoms with Crippen molar-refractivity contribution in [2.75, 3.05) is 17.2 Å². The fourth-order valence-electron chi connectivity index (χ4n) is 3.04. The third-order valence-corrected chi connectivity index (χ3v) is 4.01. The van der Waals surface area contributed by atoms with E-state index in [4.69, 9.17) is 5.73 Å². The van der Waals surface area contributed by atoms with Gasteiger partial charge in [-0.1, -0.05) is 19.9 Å². The quantitative estimate of drug-likeness (QED) is 0.815. The van der Waals surface area contributed by atoms with Crippen LogP contribution in [-0.2, 0) is 15.0 Å². The van der Waals surface area contributed by atoms with Crippen LogP contribution in [0.2, 0.25) is 0 Å². The van der Waals surface area contributed by atoms with Gasteiger partial charge in [0.15, 0.2) is 0 Å². The summed E-state index contributed by atoms with van der Waals surface area (Å²) < 4.78 is 0. The van der Waals surface area contributed by atoms with E-state index < -0.39 is 6.04 Å². The number of hydrogen-bond donors (Lipinski definition) is 2. The lowest BCUT2D eigenvalue weighted by Crippen LogP contribution is -2.48. The molecular weight excluding hydrogens is 266 g/mol. The summed E-state index contributed by atoms with van der Waals surface area (Å²) in [5, 5.41) is 2.78. The van der Waals surface area contributed by atoms with E-state index in [9.17, 15) is 9.59 Å². The van der Waals surface area contributed by atoms with Crippen molar-refractivity contribution in [1.29, 1.82) is 0 Å². The van der Waals surface area contributed by atoms with Crippen LogP contribution in [0.4, 0.5) is 11.4 Å². The van der Waals surface area contributed by atoms with Crippen LogP contribution in [0.15, 0.2) is 18.2 Å². The number of nitrogen functional groups attached to an aromatic ring is 1. The van der Waals surface area contributed by atoms with Crippen LogP contribution in [0.5, 0.6) is 0 Å². The molecule has 0 saturated carbocycles. The molecule has 5 heteroatoms. The van der Waals surface area contributed by atoms with Gasteiger partial charge in [-0.25, -0.2) is 0 Å². The number of likely N-dealkylation sites (N-methyl/N-ethyl adjacent to an activating group) is 1. The molecule has 1 atom stereocenters. The standard InChI is InChI=1S/C16H23N3O2/c1-5-19-14-8-11(17)6-7-12(14)16(3,4)9-13(15(19)21)18-10(2)20/h6-8,13H,5,9,17H2,1-4H3,(H,18,20). The third kappa shape index (κ3) is 2.86. The lowest BCUT2D eigenvalue weighted by Gasteiger charge is -2.27. The van der Waals surface area contributed by atoms with E-state index in [-0.39, 0.29) is 17.2 Å². The van der Waals surface area contributed by atoms with Crippen molar-refractivity contribution in [3.8, 4) is 0 Å². The molecule has 2 amide bonds. The van der Waals surface area contributed by atoms with Crippen molar-refractivity contribution in [1.82, 2.24) is 5.32 Å². The fraction of sp³-hybridized carbons (Fsp3) is 0.500. The molecule has 1 aromatic carbocycles. The molecule has 1 aliphatic rings. The highest BCUT2D eigenvalue weighted by Crippen LogP contribution is 2.40. The number of benzene rings is 1. The Bertz CT molecular complexity index is 581. The van der Waals surface area contributed by atoms with Gasteiger partial charge in [0.05, 0.1) is 0 Å². The zero-order chi connectivity index (χ0) is 15.8. The van der Waals surface area contributed by atoms with Gasteiger partial charge < -0.3 is 16.0 Å². The first kappa shape index (κ1) is 15.4. The van der Waals surface area contributed by atoms with Gasteiger partial charge in [0, 0.05) is 24.8 Å². The zero-order valence-electron chi connectivity index (χ0n) is 13.1. The highest BCUT2D eigenvalue weighted by atomic mass is 16.2. The Morgan fingerprint density at radius 2 is 2.14 bits per heavy atom. The average Bonchev–Trinajstić information content (AvgIpc) is 2.43. The Hall–Kier alpha value is -2.04. The fourth-order valence-corrected chi connectivity index (χ4v) is 3.04. The lowest BCUT2D eigenvalue weighted by molar-refractivity contribution is -0.126. The summed E-state index contributed by atoms with van der Waals surface area (Å²) in [6.07, 6.45) is 0.568. The van der Waals surface area contributed by atoms with E-state index in [1.165, 1.54) is 6.92 Å². The molecule has 1 unspecified atom stereocenters. The van der Waals surface area contributed by atoms with E-state index >= 15 is 0 Å². The molecule has 21 heavy (non-hydrogen) atoms. The van der Waals surface area contributed by atoms with Crippen LogP contribution in [-0.4, -0.2) is 24.4 Å². The van der Waals surface area contributed by atoms with Gasteiger partial charge in [-0.05, 0) is 36.5 Å². The number of nitrogens with one attached hydrogen (secondary N) is 1. The minimum atomic E-state index is -0.508. The molecule has 0 aromatic heterocycles. The van der Waals surface area contributed by atoms with E-state index in [1.54, 1.807) is 4.90 Å². The van der Waals surface area contributed by atoms with Crippen molar-refractivity contribution in [2.45, 2.75) is 45.6 Å². The minimum Gasteiger partial charge on any atom is -0.399 e. The van der Waals surface area contributed by atoms with Crippen LogP contribution >= 0.6 is 0 Å². The Balaban J connectivity index is 2.56. The molecule has 5 nitrogen and oxygen atoms in total. The molecule has 0 radical (unpaired) electrons. The predicted octanol–water partition coefficient (Wildman–Crippen LogP) is 1.81.